The maximum atomic E-state index is 9.60. The largest absolute Gasteiger partial charge is 0.323 e. The van der Waals surface area contributed by atoms with E-state index in [1.54, 1.807) is 0 Å². The standard InChI is InChI=1S/C21H22N4O/c1-2-3-13-18-23-19-20(25(18)14-15-9-5-4-6-10-15)16-11-7-8-12-17(16)22-21(19)24-26/h4-12,26H,2-3,13-14H2,1H3,(H,22,24). The van der Waals surface area contributed by atoms with Crippen molar-refractivity contribution in [2.75, 3.05) is 5.48 Å². The third-order valence-electron chi connectivity index (χ3n) is 4.71. The Bertz CT molecular complexity index is 1040. The van der Waals surface area contributed by atoms with Crippen LogP contribution in [0.1, 0.15) is 31.2 Å². The molecule has 2 heterocycles. The molecule has 0 unspecified atom stereocenters. The highest BCUT2D eigenvalue weighted by atomic mass is 16.5. The van der Waals surface area contributed by atoms with Crippen LogP contribution in [0.25, 0.3) is 21.9 Å². The van der Waals surface area contributed by atoms with Gasteiger partial charge in [0.2, 0.25) is 0 Å². The monoisotopic (exact) mass is 346 g/mol. The van der Waals surface area contributed by atoms with E-state index in [2.05, 4.69) is 52.3 Å². The Balaban J connectivity index is 1.99. The molecule has 2 aromatic carbocycles. The first-order valence-electron chi connectivity index (χ1n) is 9.03. The molecule has 4 rings (SSSR count). The van der Waals surface area contributed by atoms with Crippen molar-refractivity contribution in [3.8, 4) is 0 Å². The van der Waals surface area contributed by atoms with E-state index in [9.17, 15) is 5.21 Å². The minimum atomic E-state index is 0.406. The maximum Gasteiger partial charge on any atom is 0.178 e. The molecule has 0 aliphatic rings. The summed E-state index contributed by atoms with van der Waals surface area (Å²) in [6, 6.07) is 18.4. The number of anilines is 1. The number of fused-ring (bicyclic) bond motifs is 3. The number of aryl methyl sites for hydroxylation is 1. The Morgan fingerprint density at radius 3 is 2.54 bits per heavy atom. The lowest BCUT2D eigenvalue weighted by Crippen LogP contribution is -2.06. The minimum absolute atomic E-state index is 0.406. The first kappa shape index (κ1) is 16.5. The lowest BCUT2D eigenvalue weighted by atomic mass is 10.1. The predicted octanol–water partition coefficient (Wildman–Crippen LogP) is 4.78. The van der Waals surface area contributed by atoms with Gasteiger partial charge in [0.1, 0.15) is 11.3 Å². The molecule has 5 heteroatoms. The number of aromatic nitrogens is 3. The van der Waals surface area contributed by atoms with Gasteiger partial charge in [-0.2, -0.15) is 0 Å². The number of hydrogen-bond donors (Lipinski definition) is 2. The molecule has 0 bridgehead atoms. The Kier molecular flexibility index (Phi) is 4.54. The third kappa shape index (κ3) is 2.91. The van der Waals surface area contributed by atoms with Crippen LogP contribution in [0, 0.1) is 0 Å². The molecular weight excluding hydrogens is 324 g/mol. The number of benzene rings is 2. The molecule has 132 valence electrons. The van der Waals surface area contributed by atoms with Crippen molar-refractivity contribution in [3.63, 3.8) is 0 Å². The zero-order chi connectivity index (χ0) is 17.9. The summed E-state index contributed by atoms with van der Waals surface area (Å²) in [4.78, 5) is 9.37. The van der Waals surface area contributed by atoms with Crippen LogP contribution in [0.2, 0.25) is 0 Å². The van der Waals surface area contributed by atoms with Crippen LogP contribution in [0.3, 0.4) is 0 Å². The molecule has 0 radical (unpaired) electrons. The molecule has 0 saturated carbocycles. The van der Waals surface area contributed by atoms with Crippen LogP contribution in [0.15, 0.2) is 54.6 Å². The van der Waals surface area contributed by atoms with Crippen molar-refractivity contribution in [1.29, 1.82) is 0 Å². The van der Waals surface area contributed by atoms with Crippen LogP contribution in [0.4, 0.5) is 5.82 Å². The topological polar surface area (TPSA) is 63.0 Å². The summed E-state index contributed by atoms with van der Waals surface area (Å²) in [5.74, 6) is 1.43. The molecule has 0 atom stereocenters. The lowest BCUT2D eigenvalue weighted by Gasteiger charge is -2.11. The number of hydrogen-bond acceptors (Lipinski definition) is 4. The number of rotatable bonds is 6. The van der Waals surface area contributed by atoms with Crippen molar-refractivity contribution < 1.29 is 5.21 Å². The number of unbranched alkanes of at least 4 members (excludes halogenated alkanes) is 1. The highest BCUT2D eigenvalue weighted by molar-refractivity contribution is 6.06. The van der Waals surface area contributed by atoms with E-state index in [1.165, 1.54) is 5.56 Å². The van der Waals surface area contributed by atoms with Crippen LogP contribution >= 0.6 is 0 Å². The molecule has 0 aliphatic heterocycles. The molecule has 0 spiro atoms. The van der Waals surface area contributed by atoms with Crippen molar-refractivity contribution in [2.45, 2.75) is 32.7 Å². The van der Waals surface area contributed by atoms with Gasteiger partial charge >= 0.3 is 0 Å². The van der Waals surface area contributed by atoms with E-state index in [4.69, 9.17) is 4.98 Å². The smallest absolute Gasteiger partial charge is 0.178 e. The second-order valence-electron chi connectivity index (χ2n) is 6.49. The van der Waals surface area contributed by atoms with Crippen LogP contribution in [-0.4, -0.2) is 19.7 Å². The maximum absolute atomic E-state index is 9.60. The zero-order valence-corrected chi connectivity index (χ0v) is 14.8. The van der Waals surface area contributed by atoms with E-state index in [-0.39, 0.29) is 0 Å². The highest BCUT2D eigenvalue weighted by Gasteiger charge is 2.18. The summed E-state index contributed by atoms with van der Waals surface area (Å²) in [6.07, 6.45) is 3.08. The van der Waals surface area contributed by atoms with Crippen molar-refractivity contribution in [3.05, 3.63) is 66.0 Å². The molecule has 0 fully saturated rings. The summed E-state index contributed by atoms with van der Waals surface area (Å²) >= 11 is 0. The third-order valence-corrected chi connectivity index (χ3v) is 4.71. The van der Waals surface area contributed by atoms with Gasteiger partial charge in [0.25, 0.3) is 0 Å². The fourth-order valence-corrected chi connectivity index (χ4v) is 3.42. The van der Waals surface area contributed by atoms with Gasteiger partial charge in [-0.05, 0) is 18.1 Å². The van der Waals surface area contributed by atoms with Gasteiger partial charge < -0.3 is 4.57 Å². The Hall–Kier alpha value is -2.92. The van der Waals surface area contributed by atoms with Crippen LogP contribution in [-0.2, 0) is 13.0 Å². The Morgan fingerprint density at radius 1 is 1.00 bits per heavy atom. The van der Waals surface area contributed by atoms with E-state index >= 15 is 0 Å². The Morgan fingerprint density at radius 2 is 1.77 bits per heavy atom. The number of nitrogens with one attached hydrogen (secondary N) is 1. The van der Waals surface area contributed by atoms with Crippen molar-refractivity contribution >= 4 is 27.8 Å². The summed E-state index contributed by atoms with van der Waals surface area (Å²) in [5.41, 5.74) is 6.03. The van der Waals surface area contributed by atoms with Crippen LogP contribution < -0.4 is 5.48 Å². The van der Waals surface area contributed by atoms with Gasteiger partial charge in [0, 0.05) is 18.4 Å². The second-order valence-corrected chi connectivity index (χ2v) is 6.49. The molecule has 26 heavy (non-hydrogen) atoms. The molecule has 4 aromatic rings. The lowest BCUT2D eigenvalue weighted by molar-refractivity contribution is 0.387. The molecule has 2 N–H and O–H groups in total. The normalized spacial score (nSPS) is 11.3. The summed E-state index contributed by atoms with van der Waals surface area (Å²) in [6.45, 7) is 2.93. The number of nitrogens with zero attached hydrogens (tertiary/aromatic N) is 3. The van der Waals surface area contributed by atoms with Gasteiger partial charge in [-0.1, -0.05) is 61.9 Å². The zero-order valence-electron chi connectivity index (χ0n) is 14.8. The van der Waals surface area contributed by atoms with Gasteiger partial charge in [-0.15, -0.1) is 0 Å². The molecule has 2 aromatic heterocycles. The molecular formula is C21H22N4O. The highest BCUT2D eigenvalue weighted by Crippen LogP contribution is 2.31. The van der Waals surface area contributed by atoms with Gasteiger partial charge in [0.05, 0.1) is 11.0 Å². The second kappa shape index (κ2) is 7.14. The molecule has 0 saturated heterocycles. The van der Waals surface area contributed by atoms with Gasteiger partial charge in [0.15, 0.2) is 5.82 Å². The summed E-state index contributed by atoms with van der Waals surface area (Å²) in [7, 11) is 0. The van der Waals surface area contributed by atoms with Gasteiger partial charge in [-0.25, -0.2) is 9.97 Å². The van der Waals surface area contributed by atoms with Crippen LogP contribution in [0.5, 0.6) is 0 Å². The predicted molar refractivity (Wildman–Crippen MR) is 105 cm³/mol. The molecule has 5 nitrogen and oxygen atoms in total. The van der Waals surface area contributed by atoms with E-state index in [1.807, 2.05) is 24.3 Å². The number of imidazole rings is 1. The quantitative estimate of drug-likeness (QED) is 0.493. The minimum Gasteiger partial charge on any atom is -0.323 e. The Labute approximate surface area is 152 Å². The van der Waals surface area contributed by atoms with E-state index in [0.29, 0.717) is 11.3 Å². The average Bonchev–Trinajstić information content (AvgIpc) is 3.05. The van der Waals surface area contributed by atoms with E-state index < -0.39 is 0 Å². The fourth-order valence-electron chi connectivity index (χ4n) is 3.42. The number of pyridine rings is 1. The summed E-state index contributed by atoms with van der Waals surface area (Å²) < 4.78 is 2.27. The first-order chi connectivity index (χ1) is 12.8. The SMILES string of the molecule is CCCCc1nc2c(NO)nc3ccccc3c2n1Cc1ccccc1. The van der Waals surface area contributed by atoms with Gasteiger partial charge in [-0.3, -0.25) is 10.7 Å². The van der Waals surface area contributed by atoms with Crippen molar-refractivity contribution in [1.82, 2.24) is 14.5 Å². The molecule has 0 aliphatic carbocycles. The average molecular weight is 346 g/mol. The van der Waals surface area contributed by atoms with Crippen molar-refractivity contribution in [2.24, 2.45) is 0 Å². The fraction of sp³-hybridized carbons (Fsp3) is 0.238. The molecule has 0 amide bonds. The number of para-hydroxylation sites is 1. The first-order valence-corrected chi connectivity index (χ1v) is 9.03. The summed E-state index contributed by atoms with van der Waals surface area (Å²) in [5, 5.41) is 10.6. The van der Waals surface area contributed by atoms with E-state index in [0.717, 1.165) is 48.1 Å².